The van der Waals surface area contributed by atoms with Crippen LogP contribution in [0.3, 0.4) is 0 Å². The Balaban J connectivity index is 1.88. The number of nitrogens with zero attached hydrogens (tertiary/aromatic N) is 2. The van der Waals surface area contributed by atoms with Gasteiger partial charge in [0.2, 0.25) is 0 Å². The highest BCUT2D eigenvalue weighted by Gasteiger charge is 2.16. The van der Waals surface area contributed by atoms with E-state index < -0.39 is 11.9 Å². The summed E-state index contributed by atoms with van der Waals surface area (Å²) in [5, 5.41) is 16.1. The summed E-state index contributed by atoms with van der Waals surface area (Å²) < 4.78 is 1.44. The number of carbonyl (C=O) groups excluding carboxylic acids is 1. The fourth-order valence-electron chi connectivity index (χ4n) is 3.07. The molecule has 0 saturated heterocycles. The second-order valence-electron chi connectivity index (χ2n) is 7.05. The summed E-state index contributed by atoms with van der Waals surface area (Å²) in [6, 6.07) is 11.3. The third kappa shape index (κ3) is 4.07. The van der Waals surface area contributed by atoms with E-state index in [1.807, 2.05) is 32.0 Å². The minimum absolute atomic E-state index is 0.00103. The van der Waals surface area contributed by atoms with Crippen LogP contribution in [0.25, 0.3) is 5.69 Å². The minimum atomic E-state index is -1.13. The maximum Gasteiger partial charge on any atom is 0.335 e. The number of nitrogens with one attached hydrogen (secondary N) is 2. The van der Waals surface area contributed by atoms with Gasteiger partial charge in [0.15, 0.2) is 0 Å². The van der Waals surface area contributed by atoms with Crippen molar-refractivity contribution < 1.29 is 14.7 Å². The van der Waals surface area contributed by atoms with Crippen LogP contribution in [0.1, 0.15) is 50.0 Å². The van der Waals surface area contributed by atoms with Crippen LogP contribution in [0.5, 0.6) is 0 Å². The molecule has 2 aromatic carbocycles. The Kier molecular flexibility index (Phi) is 5.68. The average Bonchev–Trinajstić information content (AvgIpc) is 3.02. The molecule has 1 aromatic heterocycles. The molecule has 3 aromatic rings. The summed E-state index contributed by atoms with van der Waals surface area (Å²) in [7, 11) is 0. The van der Waals surface area contributed by atoms with Gasteiger partial charge in [-0.3, -0.25) is 14.7 Å². The molecule has 0 bridgehead atoms. The number of aromatic carboxylic acids is 1. The van der Waals surface area contributed by atoms with Gasteiger partial charge in [-0.1, -0.05) is 12.1 Å². The van der Waals surface area contributed by atoms with E-state index in [4.69, 9.17) is 5.11 Å². The highest BCUT2D eigenvalue weighted by atomic mass is 16.4. The van der Waals surface area contributed by atoms with Crippen molar-refractivity contribution in [2.75, 3.05) is 0 Å². The van der Waals surface area contributed by atoms with Crippen molar-refractivity contribution in [1.82, 2.24) is 15.2 Å². The number of hydrazone groups is 1. The molecule has 0 saturated carbocycles. The first-order chi connectivity index (χ1) is 14.2. The number of aromatic nitrogens is 2. The average molecular weight is 406 g/mol. The van der Waals surface area contributed by atoms with Crippen molar-refractivity contribution >= 4 is 17.6 Å². The largest absolute Gasteiger partial charge is 0.478 e. The van der Waals surface area contributed by atoms with Gasteiger partial charge in [-0.15, -0.1) is 0 Å². The predicted octanol–water partition coefficient (Wildman–Crippen LogP) is 2.94. The topological polar surface area (TPSA) is 117 Å². The molecule has 8 heteroatoms. The molecule has 154 valence electrons. The molecule has 3 N–H and O–H groups in total. The second-order valence-corrected chi connectivity index (χ2v) is 7.05. The molecule has 0 spiro atoms. The van der Waals surface area contributed by atoms with Gasteiger partial charge < -0.3 is 5.11 Å². The molecular weight excluding hydrogens is 384 g/mol. The van der Waals surface area contributed by atoms with Crippen LogP contribution >= 0.6 is 0 Å². The molecule has 0 aliphatic rings. The number of aromatic amines is 1. The SMILES string of the molecule is CC(=NNC(=O)c1cccc(C(=O)O)c1)c1c(C)[nH]n(-c2ccc(C)c(C)c2)c1=O. The third-order valence-electron chi connectivity index (χ3n) is 4.88. The fraction of sp³-hybridized carbons (Fsp3) is 0.182. The number of benzene rings is 2. The highest BCUT2D eigenvalue weighted by Crippen LogP contribution is 2.13. The van der Waals surface area contributed by atoms with Crippen molar-refractivity contribution in [3.8, 4) is 5.69 Å². The Morgan fingerprint density at radius 1 is 1.03 bits per heavy atom. The third-order valence-corrected chi connectivity index (χ3v) is 4.88. The van der Waals surface area contributed by atoms with E-state index in [2.05, 4.69) is 15.6 Å². The van der Waals surface area contributed by atoms with Crippen LogP contribution in [0.2, 0.25) is 0 Å². The van der Waals surface area contributed by atoms with Gasteiger partial charge >= 0.3 is 5.97 Å². The van der Waals surface area contributed by atoms with Gasteiger partial charge in [0.25, 0.3) is 11.5 Å². The van der Waals surface area contributed by atoms with Gasteiger partial charge in [0, 0.05) is 11.3 Å². The highest BCUT2D eigenvalue weighted by molar-refractivity contribution is 6.02. The molecular formula is C22H22N4O4. The molecule has 1 heterocycles. The Bertz CT molecular complexity index is 1230. The van der Waals surface area contributed by atoms with E-state index in [1.165, 1.54) is 28.9 Å². The van der Waals surface area contributed by atoms with Crippen molar-refractivity contribution in [1.29, 1.82) is 0 Å². The summed E-state index contributed by atoms with van der Waals surface area (Å²) in [6.45, 7) is 7.35. The molecule has 8 nitrogen and oxygen atoms in total. The summed E-state index contributed by atoms with van der Waals surface area (Å²) in [4.78, 5) is 36.3. The molecule has 0 radical (unpaired) electrons. The number of H-pyrrole nitrogens is 1. The van der Waals surface area contributed by atoms with Crippen LogP contribution < -0.4 is 11.0 Å². The lowest BCUT2D eigenvalue weighted by atomic mass is 10.1. The molecule has 0 aliphatic heterocycles. The number of carboxylic acid groups (broad SMARTS) is 1. The van der Waals surface area contributed by atoms with E-state index >= 15 is 0 Å². The van der Waals surface area contributed by atoms with E-state index in [9.17, 15) is 14.4 Å². The van der Waals surface area contributed by atoms with Crippen LogP contribution in [0.15, 0.2) is 52.4 Å². The molecule has 0 unspecified atom stereocenters. The Labute approximate surface area is 172 Å². The molecule has 1 amide bonds. The van der Waals surface area contributed by atoms with Gasteiger partial charge in [0.1, 0.15) is 0 Å². The van der Waals surface area contributed by atoms with Crippen LogP contribution in [-0.4, -0.2) is 32.5 Å². The summed E-state index contributed by atoms with van der Waals surface area (Å²) in [6.07, 6.45) is 0. The van der Waals surface area contributed by atoms with Gasteiger partial charge in [0.05, 0.1) is 22.5 Å². The van der Waals surface area contributed by atoms with Gasteiger partial charge in [-0.05, 0) is 69.2 Å². The number of amides is 1. The maximum atomic E-state index is 12.9. The summed E-state index contributed by atoms with van der Waals surface area (Å²) in [5.41, 5.74) is 6.46. The normalized spacial score (nSPS) is 11.4. The number of aryl methyl sites for hydroxylation is 3. The Morgan fingerprint density at radius 3 is 2.40 bits per heavy atom. The van der Waals surface area contributed by atoms with E-state index in [1.54, 1.807) is 13.8 Å². The van der Waals surface area contributed by atoms with E-state index in [0.29, 0.717) is 22.7 Å². The second kappa shape index (κ2) is 8.20. The first-order valence-electron chi connectivity index (χ1n) is 9.26. The summed E-state index contributed by atoms with van der Waals surface area (Å²) >= 11 is 0. The first kappa shape index (κ1) is 20.8. The standard InChI is InChI=1S/C22H22N4O4/c1-12-8-9-18(10-13(12)2)26-21(28)19(15(4)25-26)14(3)23-24-20(27)16-6-5-7-17(11-16)22(29)30/h5-11,25H,1-4H3,(H,24,27)(H,29,30). The molecule has 3 rings (SSSR count). The minimum Gasteiger partial charge on any atom is -0.478 e. The van der Waals surface area contributed by atoms with Gasteiger partial charge in [-0.25, -0.2) is 14.9 Å². The zero-order valence-electron chi connectivity index (χ0n) is 17.1. The Hall–Kier alpha value is -3.94. The lowest BCUT2D eigenvalue weighted by Crippen LogP contribution is -2.23. The quantitative estimate of drug-likeness (QED) is 0.446. The molecule has 0 aliphatic carbocycles. The maximum absolute atomic E-state index is 12.9. The van der Waals surface area contributed by atoms with Gasteiger partial charge in [-0.2, -0.15) is 5.10 Å². The van der Waals surface area contributed by atoms with Crippen molar-refractivity contribution in [3.63, 3.8) is 0 Å². The molecule has 30 heavy (non-hydrogen) atoms. The number of rotatable bonds is 5. The predicted molar refractivity (Wildman–Crippen MR) is 114 cm³/mol. The lowest BCUT2D eigenvalue weighted by molar-refractivity contribution is 0.0697. The van der Waals surface area contributed by atoms with E-state index in [-0.39, 0.29) is 16.7 Å². The van der Waals surface area contributed by atoms with Crippen LogP contribution in [0, 0.1) is 20.8 Å². The first-order valence-corrected chi connectivity index (χ1v) is 9.26. The monoisotopic (exact) mass is 406 g/mol. The van der Waals surface area contributed by atoms with Crippen molar-refractivity contribution in [2.24, 2.45) is 5.10 Å². The molecule has 0 atom stereocenters. The lowest BCUT2D eigenvalue weighted by Gasteiger charge is -2.05. The van der Waals surface area contributed by atoms with Crippen LogP contribution in [0.4, 0.5) is 0 Å². The number of hydrogen-bond donors (Lipinski definition) is 3. The Morgan fingerprint density at radius 2 is 1.73 bits per heavy atom. The number of carbonyl (C=O) groups is 2. The van der Waals surface area contributed by atoms with Crippen molar-refractivity contribution in [2.45, 2.75) is 27.7 Å². The zero-order chi connectivity index (χ0) is 22.0. The molecule has 0 fully saturated rings. The number of hydrogen-bond acceptors (Lipinski definition) is 4. The smallest absolute Gasteiger partial charge is 0.335 e. The fourth-order valence-corrected chi connectivity index (χ4v) is 3.07. The van der Waals surface area contributed by atoms with Crippen LogP contribution in [-0.2, 0) is 0 Å². The number of carboxylic acids is 1. The summed E-state index contributed by atoms with van der Waals surface area (Å²) in [5.74, 6) is -1.70. The van der Waals surface area contributed by atoms with E-state index in [0.717, 1.165) is 11.1 Å². The zero-order valence-corrected chi connectivity index (χ0v) is 17.1. The van der Waals surface area contributed by atoms with Crippen molar-refractivity contribution in [3.05, 3.63) is 86.3 Å².